The van der Waals surface area contributed by atoms with Crippen molar-refractivity contribution in [3.05, 3.63) is 82.9 Å². The van der Waals surface area contributed by atoms with Gasteiger partial charge in [-0.1, -0.05) is 48.5 Å². The Labute approximate surface area is 153 Å². The van der Waals surface area contributed by atoms with E-state index in [-0.39, 0.29) is 12.4 Å². The van der Waals surface area contributed by atoms with Crippen molar-refractivity contribution in [2.75, 3.05) is 0 Å². The second kappa shape index (κ2) is 6.63. The Kier molecular flexibility index (Phi) is 4.14. The van der Waals surface area contributed by atoms with Gasteiger partial charge in [0, 0.05) is 16.8 Å². The second-order valence-electron chi connectivity index (χ2n) is 6.20. The summed E-state index contributed by atoms with van der Waals surface area (Å²) in [6, 6.07) is 19.4. The van der Waals surface area contributed by atoms with Gasteiger partial charge in [0.2, 0.25) is 5.43 Å². The maximum Gasteiger partial charge on any atom is 0.226 e. The molecular weight excluding hydrogens is 344 g/mol. The monoisotopic (exact) mass is 360 g/mol. The zero-order chi connectivity index (χ0) is 19.0. The number of benzene rings is 4. The number of hydrogen-bond acceptors (Lipinski definition) is 5. The number of phenolic OH excluding ortho intramolecular Hbond substituents is 1. The molecule has 134 valence electrons. The van der Waals surface area contributed by atoms with Crippen molar-refractivity contribution in [1.29, 1.82) is 0 Å². The highest BCUT2D eigenvalue weighted by molar-refractivity contribution is 6.24. The summed E-state index contributed by atoms with van der Waals surface area (Å²) in [5.41, 5.74) is -0.546. The van der Waals surface area contributed by atoms with Gasteiger partial charge in [-0.15, -0.1) is 0 Å². The molecule has 0 aliphatic rings. The van der Waals surface area contributed by atoms with Crippen LogP contribution in [0.25, 0.3) is 32.3 Å². The van der Waals surface area contributed by atoms with Crippen LogP contribution < -0.4 is 5.43 Å². The standard InChI is InChI=1S/C16H10O.C6H6O4/c17-14-9-12-5-1-3-10-7-8-11-4-2-6-13(14)16(11)15(10)12;7-2-4-1-5(8)6(9)3-10-4/h1-9,17H;1,3,7,9H,2H2. The van der Waals surface area contributed by atoms with Gasteiger partial charge in [0.25, 0.3) is 0 Å². The summed E-state index contributed by atoms with van der Waals surface area (Å²) in [7, 11) is 0. The maximum absolute atomic E-state index is 10.6. The van der Waals surface area contributed by atoms with E-state index in [1.165, 1.54) is 21.5 Å². The van der Waals surface area contributed by atoms with Crippen LogP contribution in [0.5, 0.6) is 11.5 Å². The molecule has 5 aromatic rings. The predicted octanol–water partition coefficient (Wildman–Crippen LogP) is 4.13. The van der Waals surface area contributed by atoms with E-state index in [1.807, 2.05) is 30.3 Å². The Hall–Kier alpha value is -3.57. The molecule has 0 fully saturated rings. The van der Waals surface area contributed by atoms with E-state index in [2.05, 4.69) is 28.7 Å². The van der Waals surface area contributed by atoms with E-state index in [0.717, 1.165) is 23.1 Å². The topological polar surface area (TPSA) is 90.9 Å². The van der Waals surface area contributed by atoms with Crippen molar-refractivity contribution in [3.63, 3.8) is 0 Å². The molecule has 0 spiro atoms. The molecule has 3 N–H and O–H groups in total. The summed E-state index contributed by atoms with van der Waals surface area (Å²) in [5.74, 6) is 0.0572. The van der Waals surface area contributed by atoms with Gasteiger partial charge in [0.15, 0.2) is 5.75 Å². The Morgan fingerprint density at radius 2 is 1.44 bits per heavy atom. The van der Waals surface area contributed by atoms with Crippen LogP contribution in [0.15, 0.2) is 76.1 Å². The van der Waals surface area contributed by atoms with Gasteiger partial charge in [-0.05, 0) is 27.6 Å². The van der Waals surface area contributed by atoms with Crippen LogP contribution in [0.1, 0.15) is 5.76 Å². The average Bonchev–Trinajstić information content (AvgIpc) is 2.69. The molecule has 5 nitrogen and oxygen atoms in total. The largest absolute Gasteiger partial charge is 0.507 e. The van der Waals surface area contributed by atoms with Crippen molar-refractivity contribution in [1.82, 2.24) is 0 Å². The fourth-order valence-corrected chi connectivity index (χ4v) is 3.27. The van der Waals surface area contributed by atoms with Crippen LogP contribution in [0, 0.1) is 0 Å². The van der Waals surface area contributed by atoms with E-state index in [9.17, 15) is 9.90 Å². The summed E-state index contributed by atoms with van der Waals surface area (Å²) in [4.78, 5) is 10.6. The molecule has 0 amide bonds. The molecule has 0 saturated heterocycles. The van der Waals surface area contributed by atoms with Crippen molar-refractivity contribution >= 4 is 32.3 Å². The normalized spacial score (nSPS) is 11.0. The van der Waals surface area contributed by atoms with Crippen LogP contribution in [-0.2, 0) is 6.61 Å². The molecule has 5 rings (SSSR count). The smallest absolute Gasteiger partial charge is 0.226 e. The van der Waals surface area contributed by atoms with Crippen molar-refractivity contribution in [2.24, 2.45) is 0 Å². The van der Waals surface area contributed by atoms with Crippen molar-refractivity contribution in [2.45, 2.75) is 6.61 Å². The fourth-order valence-electron chi connectivity index (χ4n) is 3.27. The molecule has 1 aromatic heterocycles. The Balaban J connectivity index is 0.000000155. The lowest BCUT2D eigenvalue weighted by molar-refractivity contribution is 0.241. The molecule has 0 unspecified atom stereocenters. The Morgan fingerprint density at radius 1 is 0.778 bits per heavy atom. The van der Waals surface area contributed by atoms with Crippen LogP contribution in [-0.4, -0.2) is 15.3 Å². The van der Waals surface area contributed by atoms with Gasteiger partial charge in [-0.25, -0.2) is 0 Å². The molecular formula is C22H16O5. The molecule has 0 atom stereocenters. The van der Waals surface area contributed by atoms with Gasteiger partial charge in [-0.2, -0.15) is 0 Å². The van der Waals surface area contributed by atoms with E-state index in [0.29, 0.717) is 5.75 Å². The lowest BCUT2D eigenvalue weighted by Crippen LogP contribution is -1.99. The van der Waals surface area contributed by atoms with Gasteiger partial charge < -0.3 is 19.7 Å². The highest BCUT2D eigenvalue weighted by Crippen LogP contribution is 2.38. The maximum atomic E-state index is 10.6. The SMILES string of the molecule is O=c1cc(CO)occ1O.Oc1cc2cccc3ccc4cccc1c4c32. The first-order valence-electron chi connectivity index (χ1n) is 8.35. The van der Waals surface area contributed by atoms with Gasteiger partial charge in [0.05, 0.1) is 0 Å². The van der Waals surface area contributed by atoms with Crippen LogP contribution in [0.4, 0.5) is 0 Å². The number of aliphatic hydroxyl groups is 1. The summed E-state index contributed by atoms with van der Waals surface area (Å²) < 4.78 is 4.59. The second-order valence-corrected chi connectivity index (χ2v) is 6.20. The zero-order valence-corrected chi connectivity index (χ0v) is 14.2. The van der Waals surface area contributed by atoms with E-state index < -0.39 is 11.2 Å². The third-order valence-corrected chi connectivity index (χ3v) is 4.51. The number of phenols is 1. The van der Waals surface area contributed by atoms with Crippen LogP contribution in [0.2, 0.25) is 0 Å². The molecule has 4 aromatic carbocycles. The van der Waals surface area contributed by atoms with Gasteiger partial charge in [-0.3, -0.25) is 4.79 Å². The number of aliphatic hydroxyl groups excluding tert-OH is 1. The fraction of sp³-hybridized carbons (Fsp3) is 0.0455. The van der Waals surface area contributed by atoms with E-state index in [1.54, 1.807) is 0 Å². The number of rotatable bonds is 1. The predicted molar refractivity (Wildman–Crippen MR) is 104 cm³/mol. The minimum Gasteiger partial charge on any atom is -0.507 e. The Bertz CT molecular complexity index is 1300. The summed E-state index contributed by atoms with van der Waals surface area (Å²) in [6.45, 7) is -0.338. The Morgan fingerprint density at radius 3 is 2.15 bits per heavy atom. The molecule has 0 bridgehead atoms. The van der Waals surface area contributed by atoms with Gasteiger partial charge in [0.1, 0.15) is 24.4 Å². The van der Waals surface area contributed by atoms with Crippen molar-refractivity contribution < 1.29 is 19.7 Å². The highest BCUT2D eigenvalue weighted by Gasteiger charge is 2.10. The van der Waals surface area contributed by atoms with Gasteiger partial charge >= 0.3 is 0 Å². The van der Waals surface area contributed by atoms with Crippen molar-refractivity contribution in [3.8, 4) is 11.5 Å². The van der Waals surface area contributed by atoms with Crippen LogP contribution in [0.3, 0.4) is 0 Å². The highest BCUT2D eigenvalue weighted by atomic mass is 16.4. The third kappa shape index (κ3) is 2.94. The third-order valence-electron chi connectivity index (χ3n) is 4.51. The molecule has 0 radical (unpaired) electrons. The first-order valence-corrected chi connectivity index (χ1v) is 8.35. The van der Waals surface area contributed by atoms with Crippen LogP contribution >= 0.6 is 0 Å². The molecule has 27 heavy (non-hydrogen) atoms. The lowest BCUT2D eigenvalue weighted by Gasteiger charge is -2.11. The minimum absolute atomic E-state index is 0.141. The summed E-state index contributed by atoms with van der Waals surface area (Å²) in [6.07, 6.45) is 0.897. The minimum atomic E-state index is -0.546. The zero-order valence-electron chi connectivity index (χ0n) is 14.2. The quantitative estimate of drug-likeness (QED) is 0.391. The average molecular weight is 360 g/mol. The molecule has 0 aliphatic heterocycles. The molecule has 1 heterocycles. The molecule has 0 saturated carbocycles. The summed E-state index contributed by atoms with van der Waals surface area (Å²) in [5, 5.41) is 34.0. The number of aromatic hydroxyl groups is 2. The summed E-state index contributed by atoms with van der Waals surface area (Å²) >= 11 is 0. The first-order chi connectivity index (χ1) is 13.1. The molecule has 5 heteroatoms. The number of hydrogen-bond donors (Lipinski definition) is 3. The molecule has 0 aliphatic carbocycles. The van der Waals surface area contributed by atoms with E-state index >= 15 is 0 Å². The van der Waals surface area contributed by atoms with E-state index in [4.69, 9.17) is 10.2 Å². The lowest BCUT2D eigenvalue weighted by atomic mass is 9.94. The first kappa shape index (κ1) is 16.9.